The molecule has 3 aliphatic heterocycles. The van der Waals surface area contributed by atoms with Crippen molar-refractivity contribution in [3.63, 3.8) is 0 Å². The van der Waals surface area contributed by atoms with Crippen molar-refractivity contribution in [3.05, 3.63) is 28.9 Å². The fourth-order valence-electron chi connectivity index (χ4n) is 4.01. The van der Waals surface area contributed by atoms with Crippen molar-refractivity contribution in [3.8, 4) is 11.8 Å². The molecule has 3 saturated heterocycles. The van der Waals surface area contributed by atoms with E-state index in [2.05, 4.69) is 34.0 Å². The van der Waals surface area contributed by atoms with Crippen LogP contribution in [0, 0.1) is 17.8 Å². The van der Waals surface area contributed by atoms with E-state index in [0.717, 1.165) is 15.0 Å². The molecule has 2 bridgehead atoms. The van der Waals surface area contributed by atoms with Crippen molar-refractivity contribution in [2.45, 2.75) is 38.8 Å². The van der Waals surface area contributed by atoms with Gasteiger partial charge in [-0.2, -0.15) is 0 Å². The average molecular weight is 339 g/mol. The Kier molecular flexibility index (Phi) is 4.03. The molecule has 2 aromatic rings. The van der Waals surface area contributed by atoms with Gasteiger partial charge in [-0.15, -0.1) is 17.3 Å². The van der Waals surface area contributed by atoms with Crippen LogP contribution in [0.1, 0.15) is 42.1 Å². The second kappa shape index (κ2) is 6.19. The van der Waals surface area contributed by atoms with Gasteiger partial charge < -0.3 is 5.32 Å². The van der Waals surface area contributed by atoms with Crippen molar-refractivity contribution in [2.75, 3.05) is 13.1 Å². The Morgan fingerprint density at radius 1 is 1.38 bits per heavy atom. The van der Waals surface area contributed by atoms with Gasteiger partial charge in [-0.3, -0.25) is 14.7 Å². The molecular formula is C19H21N3OS. The number of rotatable bonds is 2. The summed E-state index contributed by atoms with van der Waals surface area (Å²) in [6.07, 6.45) is 4.15. The second-order valence-corrected chi connectivity index (χ2v) is 7.79. The molecule has 2 unspecified atom stereocenters. The number of thiophene rings is 1. The number of nitrogens with zero attached hydrogens (tertiary/aromatic N) is 2. The van der Waals surface area contributed by atoms with Crippen LogP contribution in [-0.2, 0) is 0 Å². The lowest BCUT2D eigenvalue weighted by molar-refractivity contribution is 0.0216. The van der Waals surface area contributed by atoms with E-state index in [1.165, 1.54) is 25.9 Å². The largest absolute Gasteiger partial charge is 0.346 e. The van der Waals surface area contributed by atoms with E-state index in [0.29, 0.717) is 17.7 Å². The Morgan fingerprint density at radius 2 is 2.17 bits per heavy atom. The van der Waals surface area contributed by atoms with E-state index >= 15 is 0 Å². The normalized spacial score (nSPS) is 28.4. The molecule has 0 saturated carbocycles. The van der Waals surface area contributed by atoms with Gasteiger partial charge in [0, 0.05) is 28.4 Å². The van der Waals surface area contributed by atoms with Crippen molar-refractivity contribution in [2.24, 2.45) is 5.92 Å². The Hall–Kier alpha value is -1.90. The lowest BCUT2D eigenvalue weighted by atomic mass is 9.79. The van der Waals surface area contributed by atoms with Gasteiger partial charge in [-0.25, -0.2) is 0 Å². The lowest BCUT2D eigenvalue weighted by Crippen LogP contribution is -2.62. The summed E-state index contributed by atoms with van der Waals surface area (Å²) >= 11 is 1.61. The minimum Gasteiger partial charge on any atom is -0.346 e. The monoisotopic (exact) mass is 339 g/mol. The molecule has 0 radical (unpaired) electrons. The third-order valence-electron chi connectivity index (χ3n) is 5.36. The second-order valence-electron chi connectivity index (χ2n) is 6.71. The highest BCUT2D eigenvalue weighted by molar-refractivity contribution is 7.19. The number of fused-ring (bicyclic) bond motifs is 4. The maximum absolute atomic E-state index is 12.7. The summed E-state index contributed by atoms with van der Waals surface area (Å²) in [5.41, 5.74) is 0.504. The molecular weight excluding hydrogens is 318 g/mol. The molecule has 5 rings (SSSR count). The van der Waals surface area contributed by atoms with Gasteiger partial charge in [0.1, 0.15) is 5.69 Å². The number of piperidine rings is 3. The molecule has 2 atom stereocenters. The van der Waals surface area contributed by atoms with E-state index in [-0.39, 0.29) is 11.9 Å². The van der Waals surface area contributed by atoms with Gasteiger partial charge in [-0.05, 0) is 57.8 Å². The minimum atomic E-state index is -0.0565. The highest BCUT2D eigenvalue weighted by Gasteiger charge is 2.40. The van der Waals surface area contributed by atoms with Crippen LogP contribution < -0.4 is 5.32 Å². The van der Waals surface area contributed by atoms with Crippen LogP contribution in [0.5, 0.6) is 0 Å². The van der Waals surface area contributed by atoms with Crippen LogP contribution >= 0.6 is 11.3 Å². The molecule has 124 valence electrons. The summed E-state index contributed by atoms with van der Waals surface area (Å²) in [7, 11) is 0. The van der Waals surface area contributed by atoms with Crippen molar-refractivity contribution < 1.29 is 4.79 Å². The molecule has 0 aromatic carbocycles. The van der Waals surface area contributed by atoms with E-state index in [9.17, 15) is 4.79 Å². The molecule has 1 amide bonds. The first-order valence-corrected chi connectivity index (χ1v) is 9.34. The molecule has 1 N–H and O–H groups in total. The maximum Gasteiger partial charge on any atom is 0.270 e. The Morgan fingerprint density at radius 3 is 2.88 bits per heavy atom. The zero-order valence-corrected chi connectivity index (χ0v) is 14.8. The van der Waals surface area contributed by atoms with E-state index in [1.54, 1.807) is 17.5 Å². The molecule has 24 heavy (non-hydrogen) atoms. The van der Waals surface area contributed by atoms with Gasteiger partial charge in [0.25, 0.3) is 5.91 Å². The molecule has 4 nitrogen and oxygen atoms in total. The smallest absolute Gasteiger partial charge is 0.270 e. The number of amides is 1. The third-order valence-corrected chi connectivity index (χ3v) is 6.37. The molecule has 3 aliphatic rings. The summed E-state index contributed by atoms with van der Waals surface area (Å²) in [5.74, 6) is 6.53. The lowest BCUT2D eigenvalue weighted by Gasteiger charge is -2.49. The number of nitrogens with one attached hydrogen (secondary N) is 1. The quantitative estimate of drug-likeness (QED) is 0.856. The molecule has 5 heterocycles. The fourth-order valence-corrected chi connectivity index (χ4v) is 4.99. The summed E-state index contributed by atoms with van der Waals surface area (Å²) in [5, 5.41) is 4.29. The van der Waals surface area contributed by atoms with Crippen LogP contribution in [0.25, 0.3) is 10.1 Å². The Bertz CT molecular complexity index is 837. The Balaban J connectivity index is 1.55. The van der Waals surface area contributed by atoms with Gasteiger partial charge >= 0.3 is 0 Å². The van der Waals surface area contributed by atoms with Crippen molar-refractivity contribution in [1.82, 2.24) is 15.2 Å². The van der Waals surface area contributed by atoms with Gasteiger partial charge in [-0.1, -0.05) is 5.92 Å². The Labute approximate surface area is 146 Å². The van der Waals surface area contributed by atoms with Crippen molar-refractivity contribution >= 4 is 27.3 Å². The van der Waals surface area contributed by atoms with E-state index < -0.39 is 0 Å². The molecule has 0 spiro atoms. The maximum atomic E-state index is 12.7. The third kappa shape index (κ3) is 2.70. The number of hydrogen-bond acceptors (Lipinski definition) is 4. The summed E-state index contributed by atoms with van der Waals surface area (Å²) in [4.78, 5) is 20.6. The standard InChI is InChI=1S/C19H21N3OS/c1-3-4-15-9-14-11-20-16(10-17(14)24-15)19(23)21-18-12(2)22-7-5-13(18)6-8-22/h9-13,18H,5-8H2,1-2H3,(H,21,23). The first-order valence-electron chi connectivity index (χ1n) is 8.53. The topological polar surface area (TPSA) is 45.2 Å². The number of aromatic nitrogens is 1. The van der Waals surface area contributed by atoms with Crippen LogP contribution in [-0.4, -0.2) is 41.0 Å². The SMILES string of the molecule is CC#Cc1cc2cnc(C(=O)NC3C4CCN(CC4)C3C)cc2s1. The zero-order valence-electron chi connectivity index (χ0n) is 14.0. The molecule has 2 aromatic heterocycles. The first-order chi connectivity index (χ1) is 11.7. The fraction of sp³-hybridized carbons (Fsp3) is 0.474. The highest BCUT2D eigenvalue weighted by atomic mass is 32.1. The van der Waals surface area contributed by atoms with Crippen molar-refractivity contribution in [1.29, 1.82) is 0 Å². The highest BCUT2D eigenvalue weighted by Crippen LogP contribution is 2.32. The van der Waals surface area contributed by atoms with E-state index in [4.69, 9.17) is 0 Å². The van der Waals surface area contributed by atoms with Crippen LogP contribution in [0.2, 0.25) is 0 Å². The van der Waals surface area contributed by atoms with Gasteiger partial charge in [0.2, 0.25) is 0 Å². The van der Waals surface area contributed by atoms with Crippen LogP contribution in [0.3, 0.4) is 0 Å². The predicted molar refractivity (Wildman–Crippen MR) is 97.2 cm³/mol. The van der Waals surface area contributed by atoms with Gasteiger partial charge in [0.05, 0.1) is 4.88 Å². The van der Waals surface area contributed by atoms with Gasteiger partial charge in [0.15, 0.2) is 0 Å². The molecule has 0 aliphatic carbocycles. The number of carbonyl (C=O) groups excluding carboxylic acids is 1. The number of pyridine rings is 1. The zero-order chi connectivity index (χ0) is 16.7. The predicted octanol–water partition coefficient (Wildman–Crippen LogP) is 2.88. The minimum absolute atomic E-state index is 0.0565. The van der Waals surface area contributed by atoms with E-state index in [1.807, 2.05) is 19.1 Å². The summed E-state index contributed by atoms with van der Waals surface area (Å²) < 4.78 is 1.06. The van der Waals surface area contributed by atoms with Crippen LogP contribution in [0.15, 0.2) is 18.3 Å². The number of hydrogen-bond donors (Lipinski definition) is 1. The average Bonchev–Trinajstić information content (AvgIpc) is 3.00. The molecule has 5 heteroatoms. The summed E-state index contributed by atoms with van der Waals surface area (Å²) in [6.45, 7) is 6.39. The molecule has 3 fully saturated rings. The summed E-state index contributed by atoms with van der Waals surface area (Å²) in [6, 6.07) is 4.57. The number of carbonyl (C=O) groups is 1. The first kappa shape index (κ1) is 15.6. The van der Waals surface area contributed by atoms with Crippen LogP contribution in [0.4, 0.5) is 0 Å².